The first-order valence-electron chi connectivity index (χ1n) is 7.22. The second-order valence-corrected chi connectivity index (χ2v) is 5.17. The van der Waals surface area contributed by atoms with Crippen LogP contribution in [0.3, 0.4) is 0 Å². The Morgan fingerprint density at radius 2 is 2.32 bits per heavy atom. The molecule has 3 rings (SSSR count). The fourth-order valence-corrected chi connectivity index (χ4v) is 2.50. The van der Waals surface area contributed by atoms with Crippen LogP contribution in [0.4, 0.5) is 5.82 Å². The van der Waals surface area contributed by atoms with E-state index in [0.717, 1.165) is 11.5 Å². The van der Waals surface area contributed by atoms with E-state index < -0.39 is 0 Å². The van der Waals surface area contributed by atoms with Crippen molar-refractivity contribution < 1.29 is 9.53 Å². The number of pyridine rings is 1. The van der Waals surface area contributed by atoms with E-state index in [1.54, 1.807) is 21.9 Å². The molecule has 1 unspecified atom stereocenters. The fraction of sp³-hybridized carbons (Fsp3) is 0.400. The Hall–Kier alpha value is -2.41. The molecule has 1 aliphatic heterocycles. The fourth-order valence-electron chi connectivity index (χ4n) is 2.50. The number of carbonyl (C=O) groups is 1. The lowest BCUT2D eigenvalue weighted by molar-refractivity contribution is -0.0251. The van der Waals surface area contributed by atoms with Gasteiger partial charge < -0.3 is 19.5 Å². The van der Waals surface area contributed by atoms with Crippen LogP contribution in [0.15, 0.2) is 30.6 Å². The first kappa shape index (κ1) is 14.5. The molecule has 116 valence electrons. The van der Waals surface area contributed by atoms with Gasteiger partial charge in [0.25, 0.3) is 5.91 Å². The third-order valence-electron chi connectivity index (χ3n) is 3.72. The number of imidazole rings is 1. The number of aromatic nitrogens is 3. The van der Waals surface area contributed by atoms with Crippen LogP contribution in [0.2, 0.25) is 0 Å². The second-order valence-electron chi connectivity index (χ2n) is 5.17. The van der Waals surface area contributed by atoms with Gasteiger partial charge in [-0.05, 0) is 12.1 Å². The first-order valence-corrected chi connectivity index (χ1v) is 7.22. The number of nitrogens with one attached hydrogen (secondary N) is 1. The van der Waals surface area contributed by atoms with Gasteiger partial charge in [-0.2, -0.15) is 0 Å². The van der Waals surface area contributed by atoms with Gasteiger partial charge in [-0.15, -0.1) is 0 Å². The molecule has 1 saturated heterocycles. The predicted molar refractivity (Wildman–Crippen MR) is 81.6 cm³/mol. The topological polar surface area (TPSA) is 72.3 Å². The summed E-state index contributed by atoms with van der Waals surface area (Å²) in [6, 6.07) is 5.74. The molecule has 2 aromatic heterocycles. The van der Waals surface area contributed by atoms with Gasteiger partial charge in [-0.25, -0.2) is 9.97 Å². The van der Waals surface area contributed by atoms with Crippen molar-refractivity contribution in [2.24, 2.45) is 7.05 Å². The average Bonchev–Trinajstić information content (AvgIpc) is 3.00. The van der Waals surface area contributed by atoms with E-state index in [1.165, 1.54) is 0 Å². The van der Waals surface area contributed by atoms with Gasteiger partial charge in [0, 0.05) is 33.0 Å². The molecule has 1 amide bonds. The molecule has 1 fully saturated rings. The van der Waals surface area contributed by atoms with Gasteiger partial charge in [0.15, 0.2) is 5.82 Å². The third kappa shape index (κ3) is 2.80. The van der Waals surface area contributed by atoms with Crippen molar-refractivity contribution in [1.29, 1.82) is 0 Å². The Labute approximate surface area is 128 Å². The van der Waals surface area contributed by atoms with Crippen molar-refractivity contribution in [3.63, 3.8) is 0 Å². The van der Waals surface area contributed by atoms with Crippen molar-refractivity contribution in [2.75, 3.05) is 32.1 Å². The number of amides is 1. The summed E-state index contributed by atoms with van der Waals surface area (Å²) in [5.41, 5.74) is 0.823. The summed E-state index contributed by atoms with van der Waals surface area (Å²) < 4.78 is 7.51. The summed E-state index contributed by atoms with van der Waals surface area (Å²) in [6.07, 6.45) is 3.18. The minimum Gasteiger partial charge on any atom is -0.373 e. The molecule has 1 aliphatic rings. The number of rotatable bonds is 3. The number of nitrogens with zero attached hydrogens (tertiary/aromatic N) is 4. The van der Waals surface area contributed by atoms with Gasteiger partial charge in [-0.1, -0.05) is 6.07 Å². The van der Waals surface area contributed by atoms with Gasteiger partial charge in [0.1, 0.15) is 11.9 Å². The van der Waals surface area contributed by atoms with Crippen LogP contribution in [0.5, 0.6) is 0 Å². The van der Waals surface area contributed by atoms with Crippen LogP contribution >= 0.6 is 0 Å². The number of carbonyl (C=O) groups excluding carboxylic acids is 1. The van der Waals surface area contributed by atoms with Crippen LogP contribution in [-0.4, -0.2) is 52.1 Å². The summed E-state index contributed by atoms with van der Waals surface area (Å²) in [5, 5.41) is 3.01. The van der Waals surface area contributed by atoms with Crippen LogP contribution in [0.1, 0.15) is 22.4 Å². The second kappa shape index (κ2) is 6.15. The number of hydrogen-bond donors (Lipinski definition) is 1. The normalized spacial score (nSPS) is 18.3. The smallest absolute Gasteiger partial charge is 0.290 e. The van der Waals surface area contributed by atoms with E-state index in [9.17, 15) is 4.79 Å². The molecule has 0 saturated carbocycles. The van der Waals surface area contributed by atoms with Gasteiger partial charge >= 0.3 is 0 Å². The highest BCUT2D eigenvalue weighted by molar-refractivity contribution is 5.90. The monoisotopic (exact) mass is 301 g/mol. The molecule has 3 heterocycles. The number of hydrogen-bond acceptors (Lipinski definition) is 5. The van der Waals surface area contributed by atoms with Gasteiger partial charge in [0.2, 0.25) is 0 Å². The molecule has 0 spiro atoms. The Bertz CT molecular complexity index is 669. The van der Waals surface area contributed by atoms with E-state index in [1.807, 2.05) is 32.3 Å². The highest BCUT2D eigenvalue weighted by Gasteiger charge is 2.28. The van der Waals surface area contributed by atoms with Crippen LogP contribution in [0, 0.1) is 0 Å². The first-order chi connectivity index (χ1) is 10.7. The van der Waals surface area contributed by atoms with Crippen molar-refractivity contribution in [2.45, 2.75) is 6.10 Å². The average molecular weight is 301 g/mol. The van der Waals surface area contributed by atoms with Crippen LogP contribution in [-0.2, 0) is 11.8 Å². The van der Waals surface area contributed by atoms with E-state index >= 15 is 0 Å². The van der Waals surface area contributed by atoms with Crippen molar-refractivity contribution in [3.8, 4) is 0 Å². The van der Waals surface area contributed by atoms with Crippen molar-refractivity contribution >= 4 is 11.7 Å². The highest BCUT2D eigenvalue weighted by Crippen LogP contribution is 2.22. The van der Waals surface area contributed by atoms with Crippen LogP contribution < -0.4 is 5.32 Å². The molecule has 2 aromatic rings. The molecule has 0 aliphatic carbocycles. The van der Waals surface area contributed by atoms with E-state index in [-0.39, 0.29) is 12.0 Å². The summed E-state index contributed by atoms with van der Waals surface area (Å²) >= 11 is 0. The molecule has 0 aromatic carbocycles. The lowest BCUT2D eigenvalue weighted by Crippen LogP contribution is -2.43. The van der Waals surface area contributed by atoms with E-state index in [2.05, 4.69) is 15.3 Å². The molecule has 1 atom stereocenters. The summed E-state index contributed by atoms with van der Waals surface area (Å²) in [6.45, 7) is 1.53. The van der Waals surface area contributed by atoms with Crippen molar-refractivity contribution in [3.05, 3.63) is 42.1 Å². The summed E-state index contributed by atoms with van der Waals surface area (Å²) in [5.74, 6) is 1.15. The van der Waals surface area contributed by atoms with E-state index in [4.69, 9.17) is 4.74 Å². The predicted octanol–water partition coefficient (Wildman–Crippen LogP) is 1.07. The maximum Gasteiger partial charge on any atom is 0.290 e. The molecular weight excluding hydrogens is 282 g/mol. The molecule has 7 nitrogen and oxygen atoms in total. The number of morpholine rings is 1. The largest absolute Gasteiger partial charge is 0.373 e. The van der Waals surface area contributed by atoms with Crippen molar-refractivity contribution in [1.82, 2.24) is 19.4 Å². The summed E-state index contributed by atoms with van der Waals surface area (Å²) in [7, 11) is 3.64. The van der Waals surface area contributed by atoms with E-state index in [0.29, 0.717) is 25.5 Å². The Balaban J connectivity index is 1.76. The number of aryl methyl sites for hydroxylation is 1. The third-order valence-corrected chi connectivity index (χ3v) is 3.72. The molecule has 7 heteroatoms. The Morgan fingerprint density at radius 1 is 1.45 bits per heavy atom. The zero-order valence-electron chi connectivity index (χ0n) is 12.7. The zero-order chi connectivity index (χ0) is 15.5. The number of anilines is 1. The molecule has 1 N–H and O–H groups in total. The standard InChI is InChI=1S/C15H19N5O2/c1-16-13-5-3-4-11(18-13)12-10-20(8-9-22-12)15(21)14-17-6-7-19(14)2/h3-7,12H,8-10H2,1-2H3,(H,16,18). The quantitative estimate of drug-likeness (QED) is 0.918. The van der Waals surface area contributed by atoms with Gasteiger partial charge in [0.05, 0.1) is 18.8 Å². The number of ether oxygens (including phenoxy) is 1. The Morgan fingerprint density at radius 3 is 3.05 bits per heavy atom. The Kier molecular flexibility index (Phi) is 4.06. The maximum absolute atomic E-state index is 12.5. The lowest BCUT2D eigenvalue weighted by atomic mass is 10.2. The molecule has 0 bridgehead atoms. The SMILES string of the molecule is CNc1cccc(C2CN(C(=O)c3nccn3C)CCO2)n1. The summed E-state index contributed by atoms with van der Waals surface area (Å²) in [4.78, 5) is 22.9. The zero-order valence-corrected chi connectivity index (χ0v) is 12.7. The molecule has 22 heavy (non-hydrogen) atoms. The maximum atomic E-state index is 12.5. The van der Waals surface area contributed by atoms with Crippen LogP contribution in [0.25, 0.3) is 0 Å². The van der Waals surface area contributed by atoms with Gasteiger partial charge in [-0.3, -0.25) is 4.79 Å². The minimum atomic E-state index is -0.216. The lowest BCUT2D eigenvalue weighted by Gasteiger charge is -2.32. The molecule has 0 radical (unpaired) electrons. The molecular formula is C15H19N5O2. The minimum absolute atomic E-state index is 0.0782. The highest BCUT2D eigenvalue weighted by atomic mass is 16.5.